The summed E-state index contributed by atoms with van der Waals surface area (Å²) in [6, 6.07) is 1.89. The van der Waals surface area contributed by atoms with Gasteiger partial charge in [-0.1, -0.05) is 13.8 Å². The summed E-state index contributed by atoms with van der Waals surface area (Å²) in [4.78, 5) is 15.7. The molecule has 0 spiro atoms. The molecule has 2 aromatic heterocycles. The summed E-state index contributed by atoms with van der Waals surface area (Å²) in [6.07, 6.45) is 1.37. The molecule has 0 radical (unpaired) electrons. The Bertz CT molecular complexity index is 587. The Labute approximate surface area is 99.1 Å². The van der Waals surface area contributed by atoms with Gasteiger partial charge in [-0.2, -0.15) is 5.10 Å². The molecule has 0 amide bonds. The number of rotatable bonds is 3. The molecule has 0 atom stereocenters. The Balaban J connectivity index is 2.85. The average Bonchev–Trinajstić information content (AvgIpc) is 2.68. The van der Waals surface area contributed by atoms with Crippen molar-refractivity contribution < 1.29 is 9.90 Å². The Kier molecular flexibility index (Phi) is 2.83. The zero-order chi connectivity index (χ0) is 12.6. The molecule has 0 fully saturated rings. The first kappa shape index (κ1) is 11.6. The minimum absolute atomic E-state index is 0.231. The predicted octanol–water partition coefficient (Wildman–Crippen LogP) is 1.86. The number of nitrogens with zero attached hydrogens (tertiary/aromatic N) is 3. The predicted molar refractivity (Wildman–Crippen MR) is 63.4 cm³/mol. The lowest BCUT2D eigenvalue weighted by Crippen LogP contribution is -2.12. The van der Waals surface area contributed by atoms with Crippen LogP contribution in [0, 0.1) is 6.92 Å². The molecule has 1 N–H and O–H groups in total. The maximum Gasteiger partial charge on any atom is 0.354 e. The number of pyridine rings is 1. The summed E-state index contributed by atoms with van der Waals surface area (Å²) in [6.45, 7) is 5.80. The van der Waals surface area contributed by atoms with E-state index in [4.69, 9.17) is 0 Å². The fourth-order valence-corrected chi connectivity index (χ4v) is 2.04. The van der Waals surface area contributed by atoms with E-state index in [9.17, 15) is 9.90 Å². The van der Waals surface area contributed by atoms with E-state index >= 15 is 0 Å². The Morgan fingerprint density at radius 3 is 2.65 bits per heavy atom. The van der Waals surface area contributed by atoms with Crippen LogP contribution in [-0.2, 0) is 12.8 Å². The van der Waals surface area contributed by atoms with E-state index in [0.717, 1.165) is 11.1 Å². The number of carboxylic acid groups (broad SMARTS) is 1. The van der Waals surface area contributed by atoms with Crippen molar-refractivity contribution in [2.24, 2.45) is 0 Å². The molecule has 0 aromatic carbocycles. The highest BCUT2D eigenvalue weighted by atomic mass is 16.4. The van der Waals surface area contributed by atoms with E-state index in [1.165, 1.54) is 4.52 Å². The topological polar surface area (TPSA) is 67.5 Å². The zero-order valence-electron chi connectivity index (χ0n) is 10.2. The summed E-state index contributed by atoms with van der Waals surface area (Å²) in [5.41, 5.74) is 2.61. The lowest BCUT2D eigenvalue weighted by atomic mass is 10.1. The van der Waals surface area contributed by atoms with E-state index in [1.807, 2.05) is 26.8 Å². The first-order valence-corrected chi connectivity index (χ1v) is 5.69. The van der Waals surface area contributed by atoms with Gasteiger partial charge in [0, 0.05) is 6.42 Å². The second-order valence-corrected chi connectivity index (χ2v) is 3.96. The van der Waals surface area contributed by atoms with Crippen LogP contribution in [0.1, 0.15) is 41.3 Å². The third-order valence-corrected chi connectivity index (χ3v) is 2.87. The van der Waals surface area contributed by atoms with Gasteiger partial charge in [0.2, 0.25) is 0 Å². The number of hydrogen-bond donors (Lipinski definition) is 1. The molecular formula is C12H15N3O2. The van der Waals surface area contributed by atoms with Crippen LogP contribution < -0.4 is 0 Å². The van der Waals surface area contributed by atoms with Crippen molar-refractivity contribution in [3.05, 3.63) is 28.7 Å². The highest BCUT2D eigenvalue weighted by Crippen LogP contribution is 2.18. The fourth-order valence-electron chi connectivity index (χ4n) is 2.04. The van der Waals surface area contributed by atoms with Crippen molar-refractivity contribution >= 4 is 11.6 Å². The Morgan fingerprint density at radius 1 is 1.41 bits per heavy atom. The van der Waals surface area contributed by atoms with E-state index < -0.39 is 5.97 Å². The summed E-state index contributed by atoms with van der Waals surface area (Å²) in [7, 11) is 0. The first-order valence-electron chi connectivity index (χ1n) is 5.69. The minimum atomic E-state index is -0.955. The third-order valence-electron chi connectivity index (χ3n) is 2.87. The molecule has 5 heteroatoms. The number of aryl methyl sites for hydroxylation is 2. The van der Waals surface area contributed by atoms with Crippen molar-refractivity contribution in [1.29, 1.82) is 0 Å². The van der Waals surface area contributed by atoms with Crippen LogP contribution in [0.4, 0.5) is 0 Å². The van der Waals surface area contributed by atoms with Crippen LogP contribution >= 0.6 is 0 Å². The number of fused-ring (bicyclic) bond motifs is 1. The molecule has 2 heterocycles. The molecular weight excluding hydrogens is 218 g/mol. The van der Waals surface area contributed by atoms with Crippen molar-refractivity contribution in [3.8, 4) is 0 Å². The SMILES string of the molecule is CCc1nc2cc(C)c(CC)c(C(=O)O)n2n1. The molecule has 0 saturated carbocycles. The maximum absolute atomic E-state index is 11.4. The van der Waals surface area contributed by atoms with Gasteiger partial charge in [-0.25, -0.2) is 14.3 Å². The minimum Gasteiger partial charge on any atom is -0.476 e. The van der Waals surface area contributed by atoms with Crippen molar-refractivity contribution in [1.82, 2.24) is 14.6 Å². The largest absolute Gasteiger partial charge is 0.476 e. The van der Waals surface area contributed by atoms with Crippen molar-refractivity contribution in [2.75, 3.05) is 0 Å². The molecule has 17 heavy (non-hydrogen) atoms. The lowest BCUT2D eigenvalue weighted by Gasteiger charge is -2.08. The summed E-state index contributed by atoms with van der Waals surface area (Å²) in [5, 5.41) is 13.5. The zero-order valence-corrected chi connectivity index (χ0v) is 10.2. The fraction of sp³-hybridized carbons (Fsp3) is 0.417. The monoisotopic (exact) mass is 233 g/mol. The van der Waals surface area contributed by atoms with Gasteiger partial charge in [0.25, 0.3) is 0 Å². The summed E-state index contributed by atoms with van der Waals surface area (Å²) < 4.78 is 1.44. The number of aromatic carboxylic acids is 1. The van der Waals surface area contributed by atoms with Gasteiger partial charge in [-0.3, -0.25) is 0 Å². The van der Waals surface area contributed by atoms with E-state index in [2.05, 4.69) is 10.1 Å². The van der Waals surface area contributed by atoms with Crippen molar-refractivity contribution in [3.63, 3.8) is 0 Å². The number of aromatic nitrogens is 3. The number of carbonyl (C=O) groups is 1. The van der Waals surface area contributed by atoms with Crippen LogP contribution in [0.15, 0.2) is 6.07 Å². The molecule has 2 aromatic rings. The average molecular weight is 233 g/mol. The van der Waals surface area contributed by atoms with Gasteiger partial charge in [0.05, 0.1) is 0 Å². The van der Waals surface area contributed by atoms with Crippen LogP contribution in [-0.4, -0.2) is 25.7 Å². The van der Waals surface area contributed by atoms with Gasteiger partial charge < -0.3 is 5.11 Å². The highest BCUT2D eigenvalue weighted by Gasteiger charge is 2.18. The molecule has 0 aliphatic carbocycles. The molecule has 0 saturated heterocycles. The first-order chi connectivity index (χ1) is 8.08. The standard InChI is InChI=1S/C12H15N3O2/c1-4-8-7(3)6-10-13-9(5-2)14-15(10)11(8)12(16)17/h6H,4-5H2,1-3H3,(H,16,17). The smallest absolute Gasteiger partial charge is 0.354 e. The van der Waals surface area contributed by atoms with Gasteiger partial charge in [0.15, 0.2) is 17.2 Å². The van der Waals surface area contributed by atoms with Gasteiger partial charge >= 0.3 is 5.97 Å². The lowest BCUT2D eigenvalue weighted by molar-refractivity contribution is 0.0686. The van der Waals surface area contributed by atoms with Gasteiger partial charge in [-0.05, 0) is 30.5 Å². The van der Waals surface area contributed by atoms with Crippen LogP contribution in [0.3, 0.4) is 0 Å². The van der Waals surface area contributed by atoms with Crippen molar-refractivity contribution in [2.45, 2.75) is 33.6 Å². The second kappa shape index (κ2) is 4.16. The molecule has 90 valence electrons. The normalized spacial score (nSPS) is 11.0. The molecule has 2 rings (SSSR count). The number of carboxylic acids is 1. The number of hydrogen-bond acceptors (Lipinski definition) is 3. The molecule has 0 aliphatic heterocycles. The Hall–Kier alpha value is -1.91. The summed E-state index contributed by atoms with van der Waals surface area (Å²) in [5.74, 6) is -0.289. The molecule has 0 bridgehead atoms. The third kappa shape index (κ3) is 1.77. The molecule has 5 nitrogen and oxygen atoms in total. The van der Waals surface area contributed by atoms with Gasteiger partial charge in [-0.15, -0.1) is 0 Å². The van der Waals surface area contributed by atoms with Crippen LogP contribution in [0.2, 0.25) is 0 Å². The van der Waals surface area contributed by atoms with Crippen LogP contribution in [0.5, 0.6) is 0 Å². The highest BCUT2D eigenvalue weighted by molar-refractivity contribution is 5.88. The molecule has 0 unspecified atom stereocenters. The van der Waals surface area contributed by atoms with E-state index in [1.54, 1.807) is 0 Å². The van der Waals surface area contributed by atoms with E-state index in [0.29, 0.717) is 24.3 Å². The van der Waals surface area contributed by atoms with Gasteiger partial charge in [0.1, 0.15) is 0 Å². The van der Waals surface area contributed by atoms with E-state index in [-0.39, 0.29) is 5.69 Å². The molecule has 0 aliphatic rings. The maximum atomic E-state index is 11.4. The van der Waals surface area contributed by atoms with Crippen LogP contribution in [0.25, 0.3) is 5.65 Å². The quantitative estimate of drug-likeness (QED) is 0.878. The Morgan fingerprint density at radius 2 is 2.12 bits per heavy atom. The summed E-state index contributed by atoms with van der Waals surface area (Å²) >= 11 is 0. The second-order valence-electron chi connectivity index (χ2n) is 3.96.